The highest BCUT2D eigenvalue weighted by atomic mass is 16.5. The Balaban J connectivity index is 1.38. The van der Waals surface area contributed by atoms with Crippen LogP contribution < -0.4 is 10.1 Å². The smallest absolute Gasteiger partial charge is 0.317 e. The van der Waals surface area contributed by atoms with Gasteiger partial charge >= 0.3 is 6.03 Å². The minimum absolute atomic E-state index is 0.0213. The molecule has 2 aliphatic rings. The lowest BCUT2D eigenvalue weighted by Gasteiger charge is -2.33. The molecule has 3 heterocycles. The monoisotopic (exact) mass is 438 g/mol. The molecule has 1 aromatic heterocycles. The van der Waals surface area contributed by atoms with Crippen molar-refractivity contribution in [2.24, 2.45) is 0 Å². The largest absolute Gasteiger partial charge is 0.472 e. The van der Waals surface area contributed by atoms with Gasteiger partial charge in [0.25, 0.3) is 0 Å². The van der Waals surface area contributed by atoms with Gasteiger partial charge in [-0.05, 0) is 24.8 Å². The average Bonchev–Trinajstić information content (AvgIpc) is 3.05. The van der Waals surface area contributed by atoms with E-state index >= 15 is 0 Å². The van der Waals surface area contributed by atoms with Crippen LogP contribution in [-0.2, 0) is 24.0 Å². The van der Waals surface area contributed by atoms with E-state index < -0.39 is 0 Å². The van der Waals surface area contributed by atoms with Gasteiger partial charge in [-0.2, -0.15) is 4.98 Å². The van der Waals surface area contributed by atoms with Crippen LogP contribution >= 0.6 is 0 Å². The van der Waals surface area contributed by atoms with Crippen LogP contribution in [0.2, 0.25) is 0 Å². The molecule has 7 heteroatoms. The van der Waals surface area contributed by atoms with Gasteiger partial charge in [-0.15, -0.1) is 0 Å². The molecule has 4 rings (SSSR count). The van der Waals surface area contributed by atoms with Gasteiger partial charge in [0.1, 0.15) is 11.9 Å². The van der Waals surface area contributed by atoms with Crippen molar-refractivity contribution >= 4 is 6.03 Å². The van der Waals surface area contributed by atoms with Gasteiger partial charge in [0.2, 0.25) is 5.88 Å². The summed E-state index contributed by atoms with van der Waals surface area (Å²) in [5, 5.41) is 3.06. The molecule has 2 amide bonds. The summed E-state index contributed by atoms with van der Waals surface area (Å²) < 4.78 is 12.1. The van der Waals surface area contributed by atoms with Gasteiger partial charge in [0.15, 0.2) is 0 Å². The Morgan fingerprint density at radius 2 is 2.03 bits per heavy atom. The highest BCUT2D eigenvalue weighted by Gasteiger charge is 2.27. The van der Waals surface area contributed by atoms with E-state index in [1.807, 2.05) is 23.1 Å². The minimum atomic E-state index is -0.0631. The summed E-state index contributed by atoms with van der Waals surface area (Å²) in [5.74, 6) is 1.72. The summed E-state index contributed by atoms with van der Waals surface area (Å²) in [6.45, 7) is 7.49. The lowest BCUT2D eigenvalue weighted by Crippen LogP contribution is -2.49. The van der Waals surface area contributed by atoms with E-state index in [1.54, 1.807) is 0 Å². The maximum atomic E-state index is 12.7. The molecule has 1 N–H and O–H groups in total. The Kier molecular flexibility index (Phi) is 7.58. The first-order valence-electron chi connectivity index (χ1n) is 11.8. The van der Waals surface area contributed by atoms with Crippen molar-refractivity contribution < 1.29 is 14.3 Å². The molecule has 0 bridgehead atoms. The molecule has 0 spiro atoms. The van der Waals surface area contributed by atoms with Gasteiger partial charge in [-0.3, -0.25) is 0 Å². The third kappa shape index (κ3) is 5.76. The summed E-state index contributed by atoms with van der Waals surface area (Å²) in [6.07, 6.45) is 4.15. The third-order valence-corrected chi connectivity index (χ3v) is 6.04. The van der Waals surface area contributed by atoms with E-state index in [0.717, 1.165) is 55.7 Å². The lowest BCUT2D eigenvalue weighted by atomic mass is 10.1. The number of piperidine rings is 1. The van der Waals surface area contributed by atoms with Gasteiger partial charge in [0, 0.05) is 37.4 Å². The highest BCUT2D eigenvalue weighted by Crippen LogP contribution is 2.27. The van der Waals surface area contributed by atoms with Crippen LogP contribution in [0, 0.1) is 0 Å². The SMILES string of the molecule is CC(C)c1nc2c(c(OC3CCCN(C(=O)NCCc4ccccc4)C3)n1)CCOCC2. The van der Waals surface area contributed by atoms with Crippen molar-refractivity contribution in [2.45, 2.75) is 58.0 Å². The number of hydrogen-bond acceptors (Lipinski definition) is 5. The van der Waals surface area contributed by atoms with Crippen LogP contribution in [0.25, 0.3) is 0 Å². The zero-order valence-electron chi connectivity index (χ0n) is 19.2. The molecule has 0 aliphatic carbocycles. The number of carbonyl (C=O) groups excluding carboxylic acids is 1. The van der Waals surface area contributed by atoms with E-state index in [2.05, 4.69) is 31.3 Å². The Bertz CT molecular complexity index is 904. The third-order valence-electron chi connectivity index (χ3n) is 6.04. The first-order chi connectivity index (χ1) is 15.6. The molecule has 32 heavy (non-hydrogen) atoms. The minimum Gasteiger partial charge on any atom is -0.472 e. The molecule has 7 nitrogen and oxygen atoms in total. The van der Waals surface area contributed by atoms with Gasteiger partial charge in [0.05, 0.1) is 25.5 Å². The molecule has 1 atom stereocenters. The Hall–Kier alpha value is -2.67. The number of hydrogen-bond donors (Lipinski definition) is 1. The molecule has 0 saturated carbocycles. The summed E-state index contributed by atoms with van der Waals surface area (Å²) in [4.78, 5) is 24.1. The molecule has 1 saturated heterocycles. The molecule has 1 aromatic carbocycles. The number of amides is 2. The molecular weight excluding hydrogens is 404 g/mol. The maximum Gasteiger partial charge on any atom is 0.317 e. The molecule has 0 radical (unpaired) electrons. The number of nitrogens with zero attached hydrogens (tertiary/aromatic N) is 3. The number of rotatable bonds is 6. The zero-order chi connectivity index (χ0) is 22.3. The predicted molar refractivity (Wildman–Crippen MR) is 123 cm³/mol. The quantitative estimate of drug-likeness (QED) is 0.747. The second-order valence-corrected chi connectivity index (χ2v) is 8.87. The first-order valence-corrected chi connectivity index (χ1v) is 11.8. The number of carbonyl (C=O) groups is 1. The fraction of sp³-hybridized carbons (Fsp3) is 0.560. The number of ether oxygens (including phenoxy) is 2. The second-order valence-electron chi connectivity index (χ2n) is 8.87. The number of likely N-dealkylation sites (tertiary alicyclic amines) is 1. The Morgan fingerprint density at radius 3 is 2.84 bits per heavy atom. The fourth-order valence-corrected chi connectivity index (χ4v) is 4.23. The molecule has 2 aliphatic heterocycles. The molecule has 2 aromatic rings. The van der Waals surface area contributed by atoms with Crippen LogP contribution in [0.5, 0.6) is 5.88 Å². The summed E-state index contributed by atoms with van der Waals surface area (Å²) in [6, 6.07) is 10.2. The van der Waals surface area contributed by atoms with Crippen LogP contribution in [0.3, 0.4) is 0 Å². The summed E-state index contributed by atoms with van der Waals surface area (Å²) in [7, 11) is 0. The summed E-state index contributed by atoms with van der Waals surface area (Å²) in [5.41, 5.74) is 3.33. The normalized spacial score (nSPS) is 18.7. The molecular formula is C25H34N4O3. The van der Waals surface area contributed by atoms with E-state index in [4.69, 9.17) is 19.4 Å². The number of benzene rings is 1. The lowest BCUT2D eigenvalue weighted by molar-refractivity contribution is 0.0961. The Labute approximate surface area is 190 Å². The number of fused-ring (bicyclic) bond motifs is 1. The topological polar surface area (TPSA) is 76.6 Å². The predicted octanol–water partition coefficient (Wildman–Crippen LogP) is 3.51. The number of urea groups is 1. The summed E-state index contributed by atoms with van der Waals surface area (Å²) >= 11 is 0. The van der Waals surface area contributed by atoms with Crippen molar-refractivity contribution in [1.29, 1.82) is 0 Å². The van der Waals surface area contributed by atoms with Crippen LogP contribution in [0.4, 0.5) is 4.79 Å². The number of nitrogens with one attached hydrogen (secondary N) is 1. The molecule has 172 valence electrons. The van der Waals surface area contributed by atoms with E-state index in [0.29, 0.717) is 32.2 Å². The first kappa shape index (κ1) is 22.5. The van der Waals surface area contributed by atoms with Gasteiger partial charge in [-0.1, -0.05) is 44.2 Å². The fourth-order valence-electron chi connectivity index (χ4n) is 4.23. The second kappa shape index (κ2) is 10.8. The molecule has 1 unspecified atom stereocenters. The average molecular weight is 439 g/mol. The van der Waals surface area contributed by atoms with Crippen molar-refractivity contribution in [3.8, 4) is 5.88 Å². The van der Waals surface area contributed by atoms with Gasteiger partial charge in [-0.25, -0.2) is 9.78 Å². The maximum absolute atomic E-state index is 12.7. The van der Waals surface area contributed by atoms with E-state index in [1.165, 1.54) is 5.56 Å². The van der Waals surface area contributed by atoms with E-state index in [-0.39, 0.29) is 18.1 Å². The van der Waals surface area contributed by atoms with E-state index in [9.17, 15) is 4.79 Å². The van der Waals surface area contributed by atoms with Crippen LogP contribution in [0.1, 0.15) is 55.3 Å². The molecule has 1 fully saturated rings. The number of aromatic nitrogens is 2. The standard InChI is InChI=1S/C25H34N4O3/c1-18(2)23-27-22-12-16-31-15-11-21(22)24(28-23)32-20-9-6-14-29(17-20)25(30)26-13-10-19-7-4-3-5-8-19/h3-5,7-8,18,20H,6,9-17H2,1-2H3,(H,26,30). The van der Waals surface area contributed by atoms with Crippen molar-refractivity contribution in [2.75, 3.05) is 32.8 Å². The van der Waals surface area contributed by atoms with Gasteiger partial charge < -0.3 is 19.7 Å². The van der Waals surface area contributed by atoms with Crippen molar-refractivity contribution in [1.82, 2.24) is 20.2 Å². The zero-order valence-corrected chi connectivity index (χ0v) is 19.2. The van der Waals surface area contributed by atoms with Crippen molar-refractivity contribution in [3.05, 3.63) is 53.0 Å². The highest BCUT2D eigenvalue weighted by molar-refractivity contribution is 5.74. The van der Waals surface area contributed by atoms with Crippen LogP contribution in [0.15, 0.2) is 30.3 Å². The van der Waals surface area contributed by atoms with Crippen molar-refractivity contribution in [3.63, 3.8) is 0 Å². The Morgan fingerprint density at radius 1 is 1.22 bits per heavy atom. The van der Waals surface area contributed by atoms with Crippen LogP contribution in [-0.4, -0.2) is 59.9 Å².